The number of ether oxygens (including phenoxy) is 1. The molecule has 0 bridgehead atoms. The predicted molar refractivity (Wildman–Crippen MR) is 65.5 cm³/mol. The Morgan fingerprint density at radius 2 is 1.88 bits per heavy atom. The number of hydrogen-bond donors (Lipinski definition) is 1. The lowest BCUT2D eigenvalue weighted by atomic mass is 10.2. The van der Waals surface area contributed by atoms with E-state index in [1.165, 1.54) is 6.54 Å². The Kier molecular flexibility index (Phi) is 4.19. The molecule has 0 spiro atoms. The lowest BCUT2D eigenvalue weighted by Crippen LogP contribution is -2.58. The Hall–Kier alpha value is -0.160. The summed E-state index contributed by atoms with van der Waals surface area (Å²) in [5.41, 5.74) is 0. The van der Waals surface area contributed by atoms with Crippen LogP contribution in [-0.4, -0.2) is 67.4 Å². The van der Waals surface area contributed by atoms with Gasteiger partial charge in [0, 0.05) is 37.8 Å². The third-order valence-corrected chi connectivity index (χ3v) is 3.67. The lowest BCUT2D eigenvalue weighted by Gasteiger charge is -2.43. The summed E-state index contributed by atoms with van der Waals surface area (Å²) in [4.78, 5) is 5.13. The van der Waals surface area contributed by atoms with E-state index in [1.807, 2.05) is 0 Å². The fourth-order valence-electron chi connectivity index (χ4n) is 2.69. The fourth-order valence-corrected chi connectivity index (χ4v) is 2.69. The molecule has 0 aliphatic carbocycles. The van der Waals surface area contributed by atoms with E-state index in [1.54, 1.807) is 0 Å². The van der Waals surface area contributed by atoms with Crippen molar-refractivity contribution in [3.8, 4) is 0 Å². The molecule has 4 nitrogen and oxygen atoms in total. The van der Waals surface area contributed by atoms with Crippen LogP contribution in [0.25, 0.3) is 0 Å². The molecule has 94 valence electrons. The summed E-state index contributed by atoms with van der Waals surface area (Å²) in [5.74, 6) is 0. The molecule has 16 heavy (non-hydrogen) atoms. The first kappa shape index (κ1) is 12.3. The zero-order chi connectivity index (χ0) is 11.5. The smallest absolute Gasteiger partial charge is 0.0620 e. The average Bonchev–Trinajstić information content (AvgIpc) is 2.24. The van der Waals surface area contributed by atoms with Crippen LogP contribution in [0.3, 0.4) is 0 Å². The van der Waals surface area contributed by atoms with Gasteiger partial charge in [-0.3, -0.25) is 9.80 Å². The van der Waals surface area contributed by atoms with E-state index in [9.17, 15) is 0 Å². The second kappa shape index (κ2) is 5.45. The van der Waals surface area contributed by atoms with E-state index >= 15 is 0 Å². The first-order valence-electron chi connectivity index (χ1n) is 6.46. The summed E-state index contributed by atoms with van der Waals surface area (Å²) in [6.07, 6.45) is 0. The number of nitrogens with one attached hydrogen (secondary N) is 1. The van der Waals surface area contributed by atoms with Gasteiger partial charge in [0.05, 0.1) is 19.9 Å². The van der Waals surface area contributed by atoms with Crippen LogP contribution in [0, 0.1) is 0 Å². The van der Waals surface area contributed by atoms with Crippen LogP contribution in [0.1, 0.15) is 20.8 Å². The van der Waals surface area contributed by atoms with E-state index in [0.717, 1.165) is 33.0 Å². The van der Waals surface area contributed by atoms with E-state index in [4.69, 9.17) is 4.74 Å². The van der Waals surface area contributed by atoms with Gasteiger partial charge in [0.25, 0.3) is 0 Å². The maximum absolute atomic E-state index is 5.56. The highest BCUT2D eigenvalue weighted by Crippen LogP contribution is 2.14. The molecule has 2 rings (SSSR count). The molecule has 2 fully saturated rings. The minimum absolute atomic E-state index is 0.550. The Morgan fingerprint density at radius 3 is 2.50 bits per heavy atom. The van der Waals surface area contributed by atoms with Crippen molar-refractivity contribution in [3.05, 3.63) is 0 Å². The summed E-state index contributed by atoms with van der Waals surface area (Å²) in [5, 5.41) is 3.49. The van der Waals surface area contributed by atoms with Crippen LogP contribution < -0.4 is 5.32 Å². The molecule has 1 unspecified atom stereocenters. The van der Waals surface area contributed by atoms with Gasteiger partial charge in [-0.1, -0.05) is 0 Å². The Morgan fingerprint density at radius 1 is 1.19 bits per heavy atom. The molecule has 0 saturated carbocycles. The van der Waals surface area contributed by atoms with Crippen molar-refractivity contribution in [1.29, 1.82) is 0 Å². The van der Waals surface area contributed by atoms with Gasteiger partial charge in [-0.2, -0.15) is 0 Å². The summed E-state index contributed by atoms with van der Waals surface area (Å²) in [7, 11) is 0. The van der Waals surface area contributed by atoms with E-state index < -0.39 is 0 Å². The van der Waals surface area contributed by atoms with Crippen molar-refractivity contribution in [1.82, 2.24) is 15.1 Å². The first-order valence-corrected chi connectivity index (χ1v) is 6.46. The second-order valence-corrected chi connectivity index (χ2v) is 5.32. The van der Waals surface area contributed by atoms with Crippen LogP contribution in [-0.2, 0) is 4.74 Å². The van der Waals surface area contributed by atoms with Crippen molar-refractivity contribution in [3.63, 3.8) is 0 Å². The number of rotatable bonds is 2. The van der Waals surface area contributed by atoms with E-state index in [0.29, 0.717) is 18.1 Å². The van der Waals surface area contributed by atoms with Crippen molar-refractivity contribution in [2.45, 2.75) is 38.9 Å². The molecular formula is C12H25N3O. The molecule has 4 heteroatoms. The van der Waals surface area contributed by atoms with Crippen molar-refractivity contribution in [2.24, 2.45) is 0 Å². The maximum Gasteiger partial charge on any atom is 0.0620 e. The molecule has 1 N–H and O–H groups in total. The maximum atomic E-state index is 5.56. The fraction of sp³-hybridized carbons (Fsp3) is 1.00. The highest BCUT2D eigenvalue weighted by atomic mass is 16.5. The van der Waals surface area contributed by atoms with Gasteiger partial charge in [-0.05, 0) is 20.8 Å². The van der Waals surface area contributed by atoms with Crippen molar-refractivity contribution in [2.75, 3.05) is 39.5 Å². The summed E-state index contributed by atoms with van der Waals surface area (Å²) in [6, 6.07) is 1.73. The number of nitrogens with zero attached hydrogens (tertiary/aromatic N) is 2. The molecule has 0 aromatic carbocycles. The van der Waals surface area contributed by atoms with Gasteiger partial charge in [0.2, 0.25) is 0 Å². The summed E-state index contributed by atoms with van der Waals surface area (Å²) >= 11 is 0. The van der Waals surface area contributed by atoms with Crippen molar-refractivity contribution >= 4 is 0 Å². The van der Waals surface area contributed by atoms with Crippen LogP contribution in [0.2, 0.25) is 0 Å². The molecule has 2 saturated heterocycles. The molecule has 0 aromatic heterocycles. The molecule has 0 radical (unpaired) electrons. The van der Waals surface area contributed by atoms with Crippen LogP contribution in [0.5, 0.6) is 0 Å². The molecule has 2 aliphatic heterocycles. The van der Waals surface area contributed by atoms with Crippen LogP contribution >= 0.6 is 0 Å². The molecule has 2 heterocycles. The van der Waals surface area contributed by atoms with Gasteiger partial charge in [0.1, 0.15) is 0 Å². The predicted octanol–water partition coefficient (Wildman–Crippen LogP) is 0.347. The number of hydrogen-bond acceptors (Lipinski definition) is 4. The van der Waals surface area contributed by atoms with E-state index in [-0.39, 0.29) is 0 Å². The molecule has 2 aliphatic rings. The molecule has 0 amide bonds. The molecule has 0 aromatic rings. The Balaban J connectivity index is 1.86. The SMILES string of the molecule is CC1CN(CN2[C@H](C)COC[C@H]2C)CCN1. The van der Waals surface area contributed by atoms with Crippen LogP contribution in [0.15, 0.2) is 0 Å². The average molecular weight is 227 g/mol. The topological polar surface area (TPSA) is 27.7 Å². The minimum atomic E-state index is 0.550. The first-order chi connectivity index (χ1) is 7.66. The third kappa shape index (κ3) is 2.94. The largest absolute Gasteiger partial charge is 0.378 e. The minimum Gasteiger partial charge on any atom is -0.378 e. The summed E-state index contributed by atoms with van der Waals surface area (Å²) < 4.78 is 5.56. The van der Waals surface area contributed by atoms with Gasteiger partial charge < -0.3 is 10.1 Å². The Bertz CT molecular complexity index is 214. The van der Waals surface area contributed by atoms with E-state index in [2.05, 4.69) is 35.9 Å². The quantitative estimate of drug-likeness (QED) is 0.736. The highest BCUT2D eigenvalue weighted by molar-refractivity contribution is 4.81. The highest BCUT2D eigenvalue weighted by Gasteiger charge is 2.27. The molecular weight excluding hydrogens is 202 g/mol. The van der Waals surface area contributed by atoms with Crippen LogP contribution in [0.4, 0.5) is 0 Å². The lowest BCUT2D eigenvalue weighted by molar-refractivity contribution is -0.0629. The van der Waals surface area contributed by atoms with Gasteiger partial charge in [-0.15, -0.1) is 0 Å². The number of morpholine rings is 1. The van der Waals surface area contributed by atoms with Crippen molar-refractivity contribution < 1.29 is 4.74 Å². The Labute approximate surface area is 98.9 Å². The monoisotopic (exact) mass is 227 g/mol. The normalized spacial score (nSPS) is 38.8. The number of piperazine rings is 1. The van der Waals surface area contributed by atoms with Gasteiger partial charge >= 0.3 is 0 Å². The van der Waals surface area contributed by atoms with Gasteiger partial charge in [0.15, 0.2) is 0 Å². The second-order valence-electron chi connectivity index (χ2n) is 5.32. The standard InChI is InChI=1S/C12H25N3O/c1-10-6-14(5-4-13-10)9-15-11(2)7-16-8-12(15)3/h10-13H,4-9H2,1-3H3/t10?,11-,12-/m1/s1. The molecule has 3 atom stereocenters. The summed E-state index contributed by atoms with van der Waals surface area (Å²) in [6.45, 7) is 13.1. The van der Waals surface area contributed by atoms with Gasteiger partial charge in [-0.25, -0.2) is 0 Å². The zero-order valence-electron chi connectivity index (χ0n) is 10.8. The zero-order valence-corrected chi connectivity index (χ0v) is 10.8. The third-order valence-electron chi connectivity index (χ3n) is 3.67.